The Morgan fingerprint density at radius 3 is 1.92 bits per heavy atom. The number of benzene rings is 3. The molecule has 2 aliphatic heterocycles. The Kier molecular flexibility index (Phi) is 12.6. The number of H-pyrrole nitrogens is 2. The fourth-order valence-electron chi connectivity index (χ4n) is 9.48. The number of aromatic amines is 2. The Morgan fingerprint density at radius 2 is 1.33 bits per heavy atom. The first-order valence-corrected chi connectivity index (χ1v) is 22.3. The smallest absolute Gasteiger partial charge is 0.407 e. The van der Waals surface area contributed by atoms with Crippen LogP contribution in [0.4, 0.5) is 9.59 Å². The van der Waals surface area contributed by atoms with Crippen molar-refractivity contribution in [2.45, 2.75) is 84.0 Å². The second-order valence-electron chi connectivity index (χ2n) is 18.3. The van der Waals surface area contributed by atoms with Gasteiger partial charge in [0.15, 0.2) is 0 Å². The minimum atomic E-state index is -0.732. The van der Waals surface area contributed by atoms with Crippen LogP contribution in [0.25, 0.3) is 44.4 Å². The number of hydrogen-bond donors (Lipinski definition) is 4. The second-order valence-corrected chi connectivity index (χ2v) is 18.3. The zero-order valence-electron chi connectivity index (χ0n) is 37.5. The molecule has 1 saturated carbocycles. The number of imidazole rings is 2. The molecular formula is C49H59N9O6. The van der Waals surface area contributed by atoms with E-state index >= 15 is 0 Å². The summed E-state index contributed by atoms with van der Waals surface area (Å²) < 4.78 is 9.67. The minimum Gasteiger partial charge on any atom is -0.453 e. The fourth-order valence-corrected chi connectivity index (χ4v) is 9.48. The Bertz CT molecular complexity index is 2530. The Labute approximate surface area is 373 Å². The number of amides is 4. The number of nitrogens with one attached hydrogen (secondary N) is 4. The van der Waals surface area contributed by atoms with Gasteiger partial charge in [-0.2, -0.15) is 0 Å². The van der Waals surface area contributed by atoms with Crippen LogP contribution in [0.2, 0.25) is 0 Å². The monoisotopic (exact) mass is 869 g/mol. The van der Waals surface area contributed by atoms with Crippen LogP contribution in [-0.2, 0) is 19.1 Å². The molecule has 8 rings (SSSR count). The lowest BCUT2D eigenvalue weighted by molar-refractivity contribution is -0.136. The SMILES string of the molecule is C=NC[C@H]1C[C@@H](c2ncc(-c3ccc4cc(-c5ccc(-c6cnc([C@@H]7CC8(CC8)CN7C(=O)[C@@H](NC(=O)OC)C(C)C)[nH]6)cc5)ccc4c3)[nH]2)N(C(=O)[C@@H](NC(=O)OC)[C@@H](C)CC)C1. The van der Waals surface area contributed by atoms with E-state index in [0.29, 0.717) is 38.3 Å². The lowest BCUT2D eigenvalue weighted by Gasteiger charge is -2.30. The topological polar surface area (TPSA) is 187 Å². The third kappa shape index (κ3) is 8.97. The predicted octanol–water partition coefficient (Wildman–Crippen LogP) is 8.08. The van der Waals surface area contributed by atoms with Crippen LogP contribution in [0.15, 0.2) is 78.0 Å². The van der Waals surface area contributed by atoms with Crippen LogP contribution >= 0.6 is 0 Å². The number of hydrogen-bond acceptors (Lipinski definition) is 9. The molecule has 2 saturated heterocycles. The highest BCUT2D eigenvalue weighted by atomic mass is 16.5. The van der Waals surface area contributed by atoms with Gasteiger partial charge >= 0.3 is 12.2 Å². The average Bonchev–Trinajstić information content (AvgIpc) is 3.80. The summed E-state index contributed by atoms with van der Waals surface area (Å²) in [6, 6.07) is 19.2. The van der Waals surface area contributed by atoms with Gasteiger partial charge in [0.1, 0.15) is 23.7 Å². The van der Waals surface area contributed by atoms with Gasteiger partial charge in [0.2, 0.25) is 11.8 Å². The number of fused-ring (bicyclic) bond motifs is 1. The van der Waals surface area contributed by atoms with Crippen molar-refractivity contribution < 1.29 is 28.7 Å². The summed E-state index contributed by atoms with van der Waals surface area (Å²) in [6.45, 7) is 13.1. The Hall–Kier alpha value is -6.51. The van der Waals surface area contributed by atoms with Gasteiger partial charge in [-0.3, -0.25) is 9.59 Å². The highest BCUT2D eigenvalue weighted by Gasteiger charge is 2.55. The maximum absolute atomic E-state index is 14.1. The molecule has 5 aromatic rings. The molecule has 64 heavy (non-hydrogen) atoms. The van der Waals surface area contributed by atoms with Crippen molar-refractivity contribution in [1.29, 1.82) is 0 Å². The van der Waals surface area contributed by atoms with Gasteiger partial charge in [0.05, 0.1) is 50.1 Å². The zero-order valence-corrected chi connectivity index (χ0v) is 37.5. The van der Waals surface area contributed by atoms with Gasteiger partial charge in [0, 0.05) is 25.2 Å². The van der Waals surface area contributed by atoms with Gasteiger partial charge in [-0.25, -0.2) is 19.6 Å². The van der Waals surface area contributed by atoms with Gasteiger partial charge < -0.3 is 44.9 Å². The van der Waals surface area contributed by atoms with E-state index in [2.05, 4.69) is 93.0 Å². The molecule has 3 fully saturated rings. The van der Waals surface area contributed by atoms with Crippen LogP contribution in [0.3, 0.4) is 0 Å². The number of rotatable bonds is 14. The number of carbonyl (C=O) groups excluding carboxylic acids is 4. The van der Waals surface area contributed by atoms with Gasteiger partial charge in [0.25, 0.3) is 0 Å². The maximum Gasteiger partial charge on any atom is 0.407 e. The van der Waals surface area contributed by atoms with E-state index in [0.717, 1.165) is 69.5 Å². The summed E-state index contributed by atoms with van der Waals surface area (Å²) in [4.78, 5) is 76.8. The normalized spacial score (nSPS) is 20.3. The highest BCUT2D eigenvalue weighted by molar-refractivity contribution is 5.91. The number of alkyl carbamates (subject to hydrolysis) is 2. The van der Waals surface area contributed by atoms with E-state index in [1.807, 2.05) is 49.9 Å². The average molecular weight is 870 g/mol. The summed E-state index contributed by atoms with van der Waals surface area (Å²) >= 11 is 0. The molecule has 15 nitrogen and oxygen atoms in total. The molecule has 3 aliphatic rings. The molecule has 4 amide bonds. The summed E-state index contributed by atoms with van der Waals surface area (Å²) in [5, 5.41) is 7.69. The number of ether oxygens (including phenoxy) is 2. The molecule has 1 aliphatic carbocycles. The van der Waals surface area contributed by atoms with Gasteiger partial charge in [-0.05, 0) is 95.2 Å². The quantitative estimate of drug-likeness (QED) is 0.0807. The van der Waals surface area contributed by atoms with Crippen molar-refractivity contribution in [3.05, 3.63) is 84.7 Å². The van der Waals surface area contributed by atoms with E-state index in [9.17, 15) is 19.2 Å². The van der Waals surface area contributed by atoms with Crippen LogP contribution in [0.5, 0.6) is 0 Å². The van der Waals surface area contributed by atoms with Crippen LogP contribution in [0, 0.1) is 23.2 Å². The molecule has 4 heterocycles. The summed E-state index contributed by atoms with van der Waals surface area (Å²) in [7, 11) is 2.60. The van der Waals surface area contributed by atoms with Crippen molar-refractivity contribution >= 4 is 41.5 Å². The summed E-state index contributed by atoms with van der Waals surface area (Å²) in [5.74, 6) is 1.07. The standard InChI is InChI=1S/C49H59N9O6/c1-8-29(4)42(56-48(62)64-7)46(60)57-26-30(23-50-5)19-39(57)43-51-25-38(54-43)36-16-15-34-20-33(13-14-35(34)21-36)31-9-11-32(12-10-31)37-24-52-44(53-37)40-22-49(17-18-49)27-58(40)45(59)41(28(2)3)55-47(61)63-6/h9-16,20-21,24-25,28-30,39-42H,5,8,17-19,22-23,26-27H2,1-4,6-7H3,(H,51,54)(H,52,53)(H,55,61)(H,56,62)/t29-,30+,39-,40-,41-,42-/m0/s1. The van der Waals surface area contributed by atoms with Gasteiger partial charge in [-0.15, -0.1) is 0 Å². The maximum atomic E-state index is 14.1. The lowest BCUT2D eigenvalue weighted by Crippen LogP contribution is -2.51. The number of carbonyl (C=O) groups is 4. The predicted molar refractivity (Wildman–Crippen MR) is 245 cm³/mol. The van der Waals surface area contributed by atoms with Crippen LogP contribution < -0.4 is 10.6 Å². The van der Waals surface area contributed by atoms with Crippen molar-refractivity contribution in [3.8, 4) is 33.6 Å². The molecule has 0 radical (unpaired) electrons. The first kappa shape index (κ1) is 44.1. The van der Waals surface area contributed by atoms with Crippen LogP contribution in [0.1, 0.15) is 83.5 Å². The molecule has 15 heteroatoms. The molecule has 0 unspecified atom stereocenters. The molecule has 3 aromatic carbocycles. The number of nitrogens with zero attached hydrogens (tertiary/aromatic N) is 5. The van der Waals surface area contributed by atoms with E-state index < -0.39 is 24.3 Å². The number of aromatic nitrogens is 4. The van der Waals surface area contributed by atoms with Crippen molar-refractivity contribution in [2.24, 2.45) is 28.2 Å². The Balaban J connectivity index is 0.966. The third-order valence-corrected chi connectivity index (χ3v) is 13.6. The number of likely N-dealkylation sites (tertiary alicyclic amines) is 2. The largest absolute Gasteiger partial charge is 0.453 e. The summed E-state index contributed by atoms with van der Waals surface area (Å²) in [6.07, 6.45) is 6.79. The van der Waals surface area contributed by atoms with E-state index in [-0.39, 0.29) is 47.1 Å². The van der Waals surface area contributed by atoms with E-state index in [1.54, 1.807) is 0 Å². The number of aliphatic imine (C=N–C) groups is 1. The molecule has 2 aromatic heterocycles. The molecule has 336 valence electrons. The molecule has 4 N–H and O–H groups in total. The zero-order chi connectivity index (χ0) is 45.3. The minimum absolute atomic E-state index is 0.0996. The molecule has 0 bridgehead atoms. The highest BCUT2D eigenvalue weighted by Crippen LogP contribution is 2.58. The lowest BCUT2D eigenvalue weighted by atomic mass is 9.97. The van der Waals surface area contributed by atoms with Crippen LogP contribution in [-0.4, -0.2) is 106 Å². The van der Waals surface area contributed by atoms with E-state index in [1.165, 1.54) is 14.2 Å². The Morgan fingerprint density at radius 1 is 0.781 bits per heavy atom. The number of methoxy groups -OCH3 is 2. The third-order valence-electron chi connectivity index (χ3n) is 13.6. The van der Waals surface area contributed by atoms with Gasteiger partial charge in [-0.1, -0.05) is 82.6 Å². The summed E-state index contributed by atoms with van der Waals surface area (Å²) in [5.41, 5.74) is 5.96. The fraction of sp³-hybridized carbons (Fsp3) is 0.449. The molecular weight excluding hydrogens is 811 g/mol. The van der Waals surface area contributed by atoms with Crippen molar-refractivity contribution in [1.82, 2.24) is 40.4 Å². The molecule has 6 atom stereocenters. The van der Waals surface area contributed by atoms with Crippen molar-refractivity contribution in [2.75, 3.05) is 33.9 Å². The second kappa shape index (κ2) is 18.3. The molecule has 1 spiro atoms. The van der Waals surface area contributed by atoms with E-state index in [4.69, 9.17) is 19.4 Å². The first-order valence-electron chi connectivity index (χ1n) is 22.3. The first-order chi connectivity index (χ1) is 30.8. The van der Waals surface area contributed by atoms with Crippen molar-refractivity contribution in [3.63, 3.8) is 0 Å².